The van der Waals surface area contributed by atoms with Crippen molar-refractivity contribution in [3.63, 3.8) is 0 Å². The average molecular weight is 510 g/mol. The SMILES string of the molecule is Cn1nc(-c2ccc(F)cc2)cc1C(=O)N1CCC2(CCCCn3cc(nn3)COCCNC2=O)CC1. The number of halogens is 1. The predicted octanol–water partition coefficient (Wildman–Crippen LogP) is 2.56. The molecule has 1 spiro atoms. The van der Waals surface area contributed by atoms with E-state index in [1.165, 1.54) is 12.1 Å². The van der Waals surface area contributed by atoms with Crippen molar-refractivity contribution in [1.82, 2.24) is 35.0 Å². The van der Waals surface area contributed by atoms with E-state index >= 15 is 0 Å². The molecule has 0 saturated carbocycles. The lowest BCUT2D eigenvalue weighted by Gasteiger charge is -2.41. The van der Waals surface area contributed by atoms with Gasteiger partial charge in [0.05, 0.1) is 30.5 Å². The first-order chi connectivity index (χ1) is 17.9. The third kappa shape index (κ3) is 5.56. The maximum atomic E-state index is 13.4. The van der Waals surface area contributed by atoms with Crippen molar-refractivity contribution in [3.8, 4) is 11.3 Å². The molecule has 0 radical (unpaired) electrons. The van der Waals surface area contributed by atoms with Crippen LogP contribution in [-0.4, -0.2) is 67.7 Å². The number of amides is 2. The highest BCUT2D eigenvalue weighted by atomic mass is 19.1. The van der Waals surface area contributed by atoms with Gasteiger partial charge >= 0.3 is 0 Å². The van der Waals surface area contributed by atoms with Crippen LogP contribution in [0, 0.1) is 11.2 Å². The van der Waals surface area contributed by atoms with Crippen LogP contribution in [0.5, 0.6) is 0 Å². The third-order valence-corrected chi connectivity index (χ3v) is 7.39. The summed E-state index contributed by atoms with van der Waals surface area (Å²) in [5, 5.41) is 15.8. The van der Waals surface area contributed by atoms with E-state index in [9.17, 15) is 14.0 Å². The topological polar surface area (TPSA) is 107 Å². The predicted molar refractivity (Wildman–Crippen MR) is 133 cm³/mol. The molecule has 0 unspecified atom stereocenters. The van der Waals surface area contributed by atoms with Crippen LogP contribution in [0.2, 0.25) is 0 Å². The van der Waals surface area contributed by atoms with Crippen LogP contribution in [0.25, 0.3) is 11.3 Å². The summed E-state index contributed by atoms with van der Waals surface area (Å²) < 4.78 is 22.3. The maximum Gasteiger partial charge on any atom is 0.272 e. The quantitative estimate of drug-likeness (QED) is 0.569. The average Bonchev–Trinajstić information content (AvgIpc) is 3.52. The summed E-state index contributed by atoms with van der Waals surface area (Å²) in [5.74, 6) is -0.397. The number of aromatic nitrogens is 5. The Morgan fingerprint density at radius 2 is 1.89 bits per heavy atom. The molecule has 2 amide bonds. The standard InChI is InChI=1S/C26H32FN7O3/c1-32-23(16-22(30-32)19-4-6-20(27)7-5-19)24(35)33-13-9-26(10-14-33)8-2-3-12-34-17-21(29-31-34)18-37-15-11-28-25(26)36/h4-7,16-17H,2-3,8-15,18H2,1H3,(H,28,36). The number of hydrogen-bond acceptors (Lipinski definition) is 6. The number of aryl methyl sites for hydroxylation is 2. The lowest BCUT2D eigenvalue weighted by atomic mass is 9.73. The Kier molecular flexibility index (Phi) is 7.31. The summed E-state index contributed by atoms with van der Waals surface area (Å²) >= 11 is 0. The van der Waals surface area contributed by atoms with Crippen LogP contribution in [0.15, 0.2) is 36.5 Å². The van der Waals surface area contributed by atoms with Crippen LogP contribution in [0.1, 0.15) is 48.3 Å². The first kappa shape index (κ1) is 25.1. The number of hydrogen-bond donors (Lipinski definition) is 1. The van der Waals surface area contributed by atoms with Crippen molar-refractivity contribution in [3.05, 3.63) is 53.7 Å². The Morgan fingerprint density at radius 1 is 1.11 bits per heavy atom. The fourth-order valence-electron chi connectivity index (χ4n) is 5.17. The number of likely N-dealkylation sites (tertiary alicyclic amines) is 1. The van der Waals surface area contributed by atoms with E-state index in [1.54, 1.807) is 34.8 Å². The number of carbonyl (C=O) groups excluding carboxylic acids is 2. The van der Waals surface area contributed by atoms with Gasteiger partial charge in [-0.3, -0.25) is 19.0 Å². The van der Waals surface area contributed by atoms with Gasteiger partial charge in [-0.2, -0.15) is 5.10 Å². The van der Waals surface area contributed by atoms with Gasteiger partial charge in [0, 0.05) is 38.8 Å². The Labute approximate surface area is 214 Å². The van der Waals surface area contributed by atoms with Crippen molar-refractivity contribution < 1.29 is 18.7 Å². The number of rotatable bonds is 2. The van der Waals surface area contributed by atoms with E-state index in [0.29, 0.717) is 57.1 Å². The minimum atomic E-state index is -0.514. The van der Waals surface area contributed by atoms with E-state index in [4.69, 9.17) is 4.74 Å². The zero-order chi connectivity index (χ0) is 25.8. The van der Waals surface area contributed by atoms with E-state index < -0.39 is 5.41 Å². The van der Waals surface area contributed by atoms with Crippen molar-refractivity contribution in [1.29, 1.82) is 0 Å². The second-order valence-corrected chi connectivity index (χ2v) is 9.86. The van der Waals surface area contributed by atoms with Gasteiger partial charge in [0.15, 0.2) is 0 Å². The number of nitrogens with zero attached hydrogens (tertiary/aromatic N) is 6. The van der Waals surface area contributed by atoms with Crippen molar-refractivity contribution in [2.24, 2.45) is 12.5 Å². The first-order valence-electron chi connectivity index (χ1n) is 12.8. The molecule has 0 atom stereocenters. The molecule has 11 heteroatoms. The largest absolute Gasteiger partial charge is 0.373 e. The van der Waals surface area contributed by atoms with Crippen molar-refractivity contribution in [2.75, 3.05) is 26.2 Å². The Morgan fingerprint density at radius 3 is 2.68 bits per heavy atom. The molecule has 2 bridgehead atoms. The van der Waals surface area contributed by atoms with Crippen LogP contribution in [-0.2, 0) is 29.7 Å². The zero-order valence-corrected chi connectivity index (χ0v) is 21.0. The molecule has 0 aliphatic carbocycles. The Balaban J connectivity index is 1.25. The van der Waals surface area contributed by atoms with Crippen molar-refractivity contribution >= 4 is 11.8 Å². The summed E-state index contributed by atoms with van der Waals surface area (Å²) in [6.07, 6.45) is 5.63. The molecule has 10 nitrogen and oxygen atoms in total. The molecule has 2 aromatic heterocycles. The van der Waals surface area contributed by atoms with Gasteiger partial charge in [-0.15, -0.1) is 5.10 Å². The molecule has 2 aliphatic rings. The van der Waals surface area contributed by atoms with Crippen molar-refractivity contribution in [2.45, 2.75) is 45.3 Å². The second kappa shape index (κ2) is 10.8. The number of fused-ring (bicyclic) bond motifs is 2. The highest BCUT2D eigenvalue weighted by Crippen LogP contribution is 2.37. The van der Waals surface area contributed by atoms with Gasteiger partial charge in [-0.05, 0) is 56.0 Å². The highest BCUT2D eigenvalue weighted by molar-refractivity contribution is 5.94. The summed E-state index contributed by atoms with van der Waals surface area (Å²) in [4.78, 5) is 28.5. The molecule has 1 saturated heterocycles. The van der Waals surface area contributed by atoms with E-state index in [1.807, 2.05) is 10.9 Å². The molecule has 2 aliphatic heterocycles. The van der Waals surface area contributed by atoms with E-state index in [2.05, 4.69) is 20.7 Å². The van der Waals surface area contributed by atoms with Crippen LogP contribution >= 0.6 is 0 Å². The van der Waals surface area contributed by atoms with Crippen LogP contribution < -0.4 is 5.32 Å². The fraction of sp³-hybridized carbons (Fsp3) is 0.500. The summed E-state index contributed by atoms with van der Waals surface area (Å²) in [5.41, 5.74) is 2.10. The minimum Gasteiger partial charge on any atom is -0.373 e. The van der Waals surface area contributed by atoms with Gasteiger partial charge in [0.25, 0.3) is 5.91 Å². The van der Waals surface area contributed by atoms with Gasteiger partial charge in [-0.25, -0.2) is 4.39 Å². The summed E-state index contributed by atoms with van der Waals surface area (Å²) in [7, 11) is 1.73. The molecular formula is C26H32FN7O3. The monoisotopic (exact) mass is 509 g/mol. The Bertz CT molecular complexity index is 1250. The van der Waals surface area contributed by atoms with Gasteiger partial charge < -0.3 is 15.0 Å². The summed E-state index contributed by atoms with van der Waals surface area (Å²) in [6, 6.07) is 7.79. The molecular weight excluding hydrogens is 477 g/mol. The molecule has 37 heavy (non-hydrogen) atoms. The normalized spacial score (nSPS) is 18.9. The van der Waals surface area contributed by atoms with E-state index in [0.717, 1.165) is 37.1 Å². The lowest BCUT2D eigenvalue weighted by molar-refractivity contribution is -0.134. The van der Waals surface area contributed by atoms with Crippen LogP contribution in [0.3, 0.4) is 0 Å². The van der Waals surface area contributed by atoms with Crippen LogP contribution in [0.4, 0.5) is 4.39 Å². The number of piperidine rings is 1. The molecule has 3 aromatic rings. The Hall–Kier alpha value is -3.60. The zero-order valence-electron chi connectivity index (χ0n) is 21.0. The molecule has 196 valence electrons. The molecule has 4 heterocycles. The maximum absolute atomic E-state index is 13.4. The van der Waals surface area contributed by atoms with Gasteiger partial charge in [0.1, 0.15) is 17.2 Å². The number of carbonyl (C=O) groups is 2. The summed E-state index contributed by atoms with van der Waals surface area (Å²) in [6.45, 7) is 2.92. The minimum absolute atomic E-state index is 0.0382. The smallest absolute Gasteiger partial charge is 0.272 e. The second-order valence-electron chi connectivity index (χ2n) is 9.86. The molecule has 1 N–H and O–H groups in total. The molecule has 1 aromatic carbocycles. The molecule has 5 rings (SSSR count). The van der Waals surface area contributed by atoms with Gasteiger partial charge in [-0.1, -0.05) is 11.6 Å². The fourth-order valence-corrected chi connectivity index (χ4v) is 5.17. The lowest BCUT2D eigenvalue weighted by Crippen LogP contribution is -2.51. The number of nitrogens with one attached hydrogen (secondary N) is 1. The third-order valence-electron chi connectivity index (χ3n) is 7.39. The number of benzene rings is 1. The highest BCUT2D eigenvalue weighted by Gasteiger charge is 2.42. The first-order valence-corrected chi connectivity index (χ1v) is 12.8. The van der Waals surface area contributed by atoms with Gasteiger partial charge in [0.2, 0.25) is 5.91 Å². The molecule has 1 fully saturated rings. The van der Waals surface area contributed by atoms with E-state index in [-0.39, 0.29) is 17.6 Å². The number of ether oxygens (including phenoxy) is 1.